The highest BCUT2D eigenvalue weighted by atomic mass is 32.2. The number of carboxylic acids is 1. The van der Waals surface area contributed by atoms with Crippen molar-refractivity contribution in [2.45, 2.75) is 31.2 Å². The van der Waals surface area contributed by atoms with E-state index in [-0.39, 0.29) is 10.6 Å². The van der Waals surface area contributed by atoms with E-state index in [4.69, 9.17) is 9.84 Å². The molecule has 0 aromatic heterocycles. The number of carbonyl (C=O) groups is 1. The maximum Gasteiger partial charge on any atom is 0.318 e. The molecular weight excluding hydrogens is 282 g/mol. The minimum atomic E-state index is -3.92. The lowest BCUT2D eigenvalue weighted by Gasteiger charge is -2.26. The summed E-state index contributed by atoms with van der Waals surface area (Å²) < 4.78 is 31.3. The quantitative estimate of drug-likeness (QED) is 0.826. The lowest BCUT2D eigenvalue weighted by atomic mass is 10.2. The van der Waals surface area contributed by atoms with E-state index in [1.807, 2.05) is 0 Å². The van der Waals surface area contributed by atoms with Gasteiger partial charge in [-0.05, 0) is 25.5 Å². The summed E-state index contributed by atoms with van der Waals surface area (Å²) in [6.45, 7) is 2.91. The average Bonchev–Trinajstić information content (AvgIpc) is 2.43. The lowest BCUT2D eigenvalue weighted by Crippen LogP contribution is -2.41. The minimum Gasteiger partial charge on any atom is -0.495 e. The third-order valence-electron chi connectivity index (χ3n) is 3.03. The van der Waals surface area contributed by atoms with Gasteiger partial charge in [-0.1, -0.05) is 19.1 Å². The second-order valence-electron chi connectivity index (χ2n) is 4.35. The summed E-state index contributed by atoms with van der Waals surface area (Å²) in [6, 6.07) is 5.75. The third kappa shape index (κ3) is 3.49. The van der Waals surface area contributed by atoms with Gasteiger partial charge in [-0.3, -0.25) is 4.79 Å². The number of hydrogen-bond donors (Lipinski definition) is 1. The molecule has 1 aromatic rings. The maximum atomic E-state index is 12.6. The zero-order chi connectivity index (χ0) is 15.3. The molecule has 1 atom stereocenters. The molecule has 0 aliphatic heterocycles. The summed E-state index contributed by atoms with van der Waals surface area (Å²) in [4.78, 5) is 10.9. The van der Waals surface area contributed by atoms with Gasteiger partial charge >= 0.3 is 5.97 Å². The molecule has 0 saturated carbocycles. The highest BCUT2D eigenvalue weighted by molar-refractivity contribution is 7.89. The van der Waals surface area contributed by atoms with E-state index in [0.717, 1.165) is 4.31 Å². The number of sulfonamides is 1. The van der Waals surface area contributed by atoms with Crippen LogP contribution in [0.25, 0.3) is 0 Å². The second-order valence-corrected chi connectivity index (χ2v) is 6.21. The fraction of sp³-hybridized carbons (Fsp3) is 0.462. The number of rotatable bonds is 7. The van der Waals surface area contributed by atoms with Crippen LogP contribution in [-0.2, 0) is 14.8 Å². The van der Waals surface area contributed by atoms with Crippen LogP contribution in [0.1, 0.15) is 20.3 Å². The van der Waals surface area contributed by atoms with Crippen molar-refractivity contribution in [3.05, 3.63) is 24.3 Å². The zero-order valence-corrected chi connectivity index (χ0v) is 12.6. The molecular formula is C13H19NO5S. The Balaban J connectivity index is 3.32. The van der Waals surface area contributed by atoms with Gasteiger partial charge in [-0.25, -0.2) is 8.42 Å². The van der Waals surface area contributed by atoms with Gasteiger partial charge in [0.15, 0.2) is 0 Å². The Kier molecular flexibility index (Phi) is 5.52. The molecule has 1 unspecified atom stereocenters. The molecule has 6 nitrogen and oxygen atoms in total. The van der Waals surface area contributed by atoms with Crippen molar-refractivity contribution in [1.82, 2.24) is 4.31 Å². The van der Waals surface area contributed by atoms with Crippen molar-refractivity contribution in [3.63, 3.8) is 0 Å². The SMILES string of the molecule is CCC(C)N(CC(=O)O)S(=O)(=O)c1ccccc1OC. The van der Waals surface area contributed by atoms with Gasteiger partial charge in [0, 0.05) is 6.04 Å². The molecule has 1 N–H and O–H groups in total. The Bertz CT molecular complexity index is 570. The molecule has 0 heterocycles. The first-order chi connectivity index (χ1) is 9.34. The average molecular weight is 301 g/mol. The number of benzene rings is 1. The minimum absolute atomic E-state index is 0.0240. The number of carboxylic acid groups (broad SMARTS) is 1. The molecule has 20 heavy (non-hydrogen) atoms. The van der Waals surface area contributed by atoms with Crippen molar-refractivity contribution in [2.24, 2.45) is 0 Å². The van der Waals surface area contributed by atoms with Crippen molar-refractivity contribution in [3.8, 4) is 5.75 Å². The number of ether oxygens (including phenoxy) is 1. The van der Waals surface area contributed by atoms with Gasteiger partial charge in [-0.2, -0.15) is 4.31 Å². The van der Waals surface area contributed by atoms with Gasteiger partial charge < -0.3 is 9.84 Å². The molecule has 0 aliphatic rings. The fourth-order valence-electron chi connectivity index (χ4n) is 1.77. The smallest absolute Gasteiger partial charge is 0.318 e. The van der Waals surface area contributed by atoms with Crippen LogP contribution in [0, 0.1) is 0 Å². The highest BCUT2D eigenvalue weighted by Gasteiger charge is 2.32. The van der Waals surface area contributed by atoms with E-state index in [2.05, 4.69) is 0 Å². The van der Waals surface area contributed by atoms with E-state index in [0.29, 0.717) is 6.42 Å². The van der Waals surface area contributed by atoms with Crippen LogP contribution in [0.2, 0.25) is 0 Å². The second kappa shape index (κ2) is 6.71. The summed E-state index contributed by atoms with van der Waals surface area (Å²) in [7, 11) is -2.55. The molecule has 0 saturated heterocycles. The predicted molar refractivity (Wildman–Crippen MR) is 74.3 cm³/mol. The molecule has 0 bridgehead atoms. The van der Waals surface area contributed by atoms with E-state index < -0.39 is 28.6 Å². The van der Waals surface area contributed by atoms with Gasteiger partial charge in [0.1, 0.15) is 17.2 Å². The Morgan fingerprint density at radius 2 is 2.00 bits per heavy atom. The van der Waals surface area contributed by atoms with Crippen molar-refractivity contribution < 1.29 is 23.1 Å². The van der Waals surface area contributed by atoms with Crippen LogP contribution in [0.4, 0.5) is 0 Å². The summed E-state index contributed by atoms with van der Waals surface area (Å²) in [5, 5.41) is 8.93. The number of methoxy groups -OCH3 is 1. The first-order valence-corrected chi connectivity index (χ1v) is 7.65. The van der Waals surface area contributed by atoms with Gasteiger partial charge in [0.05, 0.1) is 7.11 Å². The highest BCUT2D eigenvalue weighted by Crippen LogP contribution is 2.27. The predicted octanol–water partition coefficient (Wildman–Crippen LogP) is 1.57. The summed E-state index contributed by atoms with van der Waals surface area (Å²) >= 11 is 0. The first-order valence-electron chi connectivity index (χ1n) is 6.21. The lowest BCUT2D eigenvalue weighted by molar-refractivity contribution is -0.137. The summed E-state index contributed by atoms with van der Waals surface area (Å²) in [6.07, 6.45) is 0.516. The zero-order valence-electron chi connectivity index (χ0n) is 11.7. The molecule has 0 radical (unpaired) electrons. The number of nitrogens with zero attached hydrogens (tertiary/aromatic N) is 1. The topological polar surface area (TPSA) is 83.9 Å². The summed E-state index contributed by atoms with van der Waals surface area (Å²) in [5.74, 6) is -0.991. The fourth-order valence-corrected chi connectivity index (χ4v) is 3.58. The largest absolute Gasteiger partial charge is 0.495 e. The molecule has 0 amide bonds. The van der Waals surface area contributed by atoms with Crippen LogP contribution in [0.5, 0.6) is 5.75 Å². The molecule has 1 aromatic carbocycles. The van der Waals surface area contributed by atoms with E-state index >= 15 is 0 Å². The van der Waals surface area contributed by atoms with Crippen molar-refractivity contribution in [1.29, 1.82) is 0 Å². The number of para-hydroxylation sites is 1. The van der Waals surface area contributed by atoms with Crippen LogP contribution in [-0.4, -0.2) is 43.5 Å². The molecule has 112 valence electrons. The van der Waals surface area contributed by atoms with Crippen LogP contribution < -0.4 is 4.74 Å². The molecule has 7 heteroatoms. The normalized spacial score (nSPS) is 13.2. The van der Waals surface area contributed by atoms with Crippen LogP contribution in [0.3, 0.4) is 0 Å². The number of hydrogen-bond acceptors (Lipinski definition) is 4. The van der Waals surface area contributed by atoms with Crippen molar-refractivity contribution in [2.75, 3.05) is 13.7 Å². The molecule has 0 spiro atoms. The van der Waals surface area contributed by atoms with Gasteiger partial charge in [-0.15, -0.1) is 0 Å². The van der Waals surface area contributed by atoms with Crippen LogP contribution >= 0.6 is 0 Å². The molecule has 1 rings (SSSR count). The molecule has 0 fully saturated rings. The van der Waals surface area contributed by atoms with E-state index in [9.17, 15) is 13.2 Å². The van der Waals surface area contributed by atoms with Gasteiger partial charge in [0.2, 0.25) is 10.0 Å². The Morgan fingerprint density at radius 3 is 2.50 bits per heavy atom. The third-order valence-corrected chi connectivity index (χ3v) is 5.03. The molecule has 0 aliphatic carbocycles. The maximum absolute atomic E-state index is 12.6. The Hall–Kier alpha value is -1.60. The van der Waals surface area contributed by atoms with E-state index in [1.165, 1.54) is 19.2 Å². The summed E-state index contributed by atoms with van der Waals surface area (Å²) in [5.41, 5.74) is 0. The van der Waals surface area contributed by atoms with E-state index in [1.54, 1.807) is 26.0 Å². The Labute approximate surface area is 119 Å². The Morgan fingerprint density at radius 1 is 1.40 bits per heavy atom. The monoisotopic (exact) mass is 301 g/mol. The van der Waals surface area contributed by atoms with Crippen molar-refractivity contribution >= 4 is 16.0 Å². The van der Waals surface area contributed by atoms with Gasteiger partial charge in [0.25, 0.3) is 0 Å². The number of aliphatic carboxylic acids is 1. The standard InChI is InChI=1S/C13H19NO5S/c1-4-10(2)14(9-13(15)16)20(17,18)12-8-6-5-7-11(12)19-3/h5-8,10H,4,9H2,1-3H3,(H,15,16). The van der Waals surface area contributed by atoms with Crippen LogP contribution in [0.15, 0.2) is 29.2 Å². The first kappa shape index (κ1) is 16.5.